The Morgan fingerprint density at radius 3 is 2.31 bits per heavy atom. The Kier molecular flexibility index (Phi) is 9.25. The number of H-pyrrole nitrogens is 1. The number of hydrazine groups is 1. The third kappa shape index (κ3) is 8.06. The summed E-state index contributed by atoms with van der Waals surface area (Å²) in [7, 11) is 0. The predicted octanol–water partition coefficient (Wildman–Crippen LogP) is 0.605. The van der Waals surface area contributed by atoms with Gasteiger partial charge >= 0.3 is 12.1 Å². The number of rotatable bonds is 8. The first kappa shape index (κ1) is 31.9. The van der Waals surface area contributed by atoms with Crippen molar-refractivity contribution in [2.75, 3.05) is 10.6 Å². The number of amides is 4. The van der Waals surface area contributed by atoms with Crippen LogP contribution >= 0.6 is 0 Å². The van der Waals surface area contributed by atoms with Gasteiger partial charge in [0.1, 0.15) is 11.8 Å². The topological polar surface area (TPSA) is 225 Å². The van der Waals surface area contributed by atoms with Crippen LogP contribution in [-0.2, 0) is 27.3 Å². The maximum Gasteiger partial charge on any atom is 0.471 e. The van der Waals surface area contributed by atoms with E-state index in [2.05, 4.69) is 36.1 Å². The van der Waals surface area contributed by atoms with Crippen molar-refractivity contribution in [1.29, 1.82) is 0 Å². The standard InChI is InChI=1S/C27H24F3N9O6/c1-13(40)33-19(10-14-2-8-18(41)9-3-14)23(43)38-37-22(42)15-4-6-17(7-5-15)39(25(45)27(28,29)30)12-16-11-32-21-20(34-16)24(44)36-26(31)35-21/h2-9,11,19,41H,10,12H2,1H3,(H,33,40)(H,37,42)(H,38,43)(H3,31,32,35,36,44)/t19-/m0/s1. The van der Waals surface area contributed by atoms with Crippen LogP contribution in [0, 0.1) is 0 Å². The zero-order valence-corrected chi connectivity index (χ0v) is 23.2. The van der Waals surface area contributed by atoms with Crippen molar-refractivity contribution in [2.45, 2.75) is 32.1 Å². The van der Waals surface area contributed by atoms with Gasteiger partial charge in [-0.2, -0.15) is 18.2 Å². The molecule has 4 aromatic rings. The zero-order chi connectivity index (χ0) is 32.9. The highest BCUT2D eigenvalue weighted by molar-refractivity contribution is 5.99. The minimum Gasteiger partial charge on any atom is -0.508 e. The molecular weight excluding hydrogens is 603 g/mol. The summed E-state index contributed by atoms with van der Waals surface area (Å²) in [5.74, 6) is -4.65. The minimum atomic E-state index is -5.29. The van der Waals surface area contributed by atoms with E-state index in [-0.39, 0.29) is 46.2 Å². The molecule has 234 valence electrons. The molecule has 7 N–H and O–H groups in total. The maximum atomic E-state index is 13.5. The lowest BCUT2D eigenvalue weighted by atomic mass is 10.1. The highest BCUT2D eigenvalue weighted by Gasteiger charge is 2.43. The van der Waals surface area contributed by atoms with E-state index >= 15 is 0 Å². The molecule has 15 nitrogen and oxygen atoms in total. The van der Waals surface area contributed by atoms with Gasteiger partial charge in [0.05, 0.1) is 18.4 Å². The van der Waals surface area contributed by atoms with E-state index in [1.54, 1.807) is 12.1 Å². The largest absolute Gasteiger partial charge is 0.508 e. The molecule has 1 atom stereocenters. The molecule has 2 heterocycles. The van der Waals surface area contributed by atoms with E-state index in [0.29, 0.717) is 10.5 Å². The number of carbonyl (C=O) groups excluding carboxylic acids is 4. The summed E-state index contributed by atoms with van der Waals surface area (Å²) < 4.78 is 40.5. The van der Waals surface area contributed by atoms with Crippen LogP contribution in [0.4, 0.5) is 24.8 Å². The Morgan fingerprint density at radius 1 is 1.02 bits per heavy atom. The second kappa shape index (κ2) is 13.1. The lowest BCUT2D eigenvalue weighted by Gasteiger charge is -2.23. The smallest absolute Gasteiger partial charge is 0.471 e. The molecule has 4 rings (SSSR count). The van der Waals surface area contributed by atoms with Crippen molar-refractivity contribution >= 4 is 46.4 Å². The molecule has 0 saturated heterocycles. The number of nitrogens with two attached hydrogens (primary N) is 1. The second-order valence-electron chi connectivity index (χ2n) is 9.49. The number of halogens is 3. The van der Waals surface area contributed by atoms with Gasteiger partial charge in [0.2, 0.25) is 11.9 Å². The Hall–Kier alpha value is -6.07. The van der Waals surface area contributed by atoms with Crippen molar-refractivity contribution in [3.05, 3.63) is 81.9 Å². The molecule has 0 aliphatic carbocycles. The lowest BCUT2D eigenvalue weighted by molar-refractivity contribution is -0.170. The summed E-state index contributed by atoms with van der Waals surface area (Å²) in [6, 6.07) is 9.14. The number of nitrogens with zero attached hydrogens (tertiary/aromatic N) is 4. The van der Waals surface area contributed by atoms with Gasteiger partial charge in [0.15, 0.2) is 11.2 Å². The number of phenols is 1. The van der Waals surface area contributed by atoms with E-state index in [4.69, 9.17) is 5.73 Å². The highest BCUT2D eigenvalue weighted by Crippen LogP contribution is 2.26. The average molecular weight is 628 g/mol. The molecule has 0 fully saturated rings. The van der Waals surface area contributed by atoms with E-state index in [1.165, 1.54) is 19.1 Å². The molecule has 0 radical (unpaired) electrons. The number of nitrogen functional groups attached to an aromatic ring is 1. The van der Waals surface area contributed by atoms with Gasteiger partial charge in [-0.1, -0.05) is 12.1 Å². The number of carbonyl (C=O) groups is 4. The molecule has 0 aliphatic heterocycles. The van der Waals surface area contributed by atoms with E-state index in [9.17, 15) is 42.3 Å². The Balaban J connectivity index is 1.48. The quantitative estimate of drug-likeness (QED) is 0.149. The van der Waals surface area contributed by atoms with Crippen molar-refractivity contribution in [3.8, 4) is 5.75 Å². The monoisotopic (exact) mass is 627 g/mol. The molecule has 0 aliphatic rings. The number of phenolic OH excluding ortho intramolecular Hbond substituents is 1. The van der Waals surface area contributed by atoms with Crippen molar-refractivity contribution in [3.63, 3.8) is 0 Å². The van der Waals surface area contributed by atoms with Crippen LogP contribution in [0.3, 0.4) is 0 Å². The summed E-state index contributed by atoms with van der Waals surface area (Å²) >= 11 is 0. The van der Waals surface area contributed by atoms with E-state index < -0.39 is 48.0 Å². The average Bonchev–Trinajstić information content (AvgIpc) is 2.98. The minimum absolute atomic E-state index is 0.00552. The number of alkyl halides is 3. The van der Waals surface area contributed by atoms with E-state index in [0.717, 1.165) is 30.5 Å². The molecular formula is C27H24F3N9O6. The molecule has 2 aromatic carbocycles. The molecule has 0 spiro atoms. The van der Waals surface area contributed by atoms with Crippen molar-refractivity contribution in [2.24, 2.45) is 0 Å². The summed E-state index contributed by atoms with van der Waals surface area (Å²) in [6.45, 7) is 0.446. The summed E-state index contributed by atoms with van der Waals surface area (Å²) in [5, 5.41) is 11.9. The Morgan fingerprint density at radius 2 is 1.69 bits per heavy atom. The van der Waals surface area contributed by atoms with Crippen molar-refractivity contribution < 1.29 is 37.5 Å². The number of anilines is 2. The number of hydrogen-bond donors (Lipinski definition) is 6. The normalized spacial score (nSPS) is 11.8. The number of aromatic hydroxyl groups is 1. The Labute approximate surface area is 250 Å². The van der Waals surface area contributed by atoms with Crippen LogP contribution in [0.25, 0.3) is 11.2 Å². The number of benzene rings is 2. The molecule has 4 amide bonds. The van der Waals surface area contributed by atoms with Gasteiger partial charge in [-0.25, -0.2) is 9.97 Å². The number of hydrogen-bond acceptors (Lipinski definition) is 10. The second-order valence-corrected chi connectivity index (χ2v) is 9.49. The number of aromatic amines is 1. The van der Waals surface area contributed by atoms with Crippen molar-refractivity contribution in [1.82, 2.24) is 36.1 Å². The Bertz CT molecular complexity index is 1810. The fourth-order valence-corrected chi connectivity index (χ4v) is 4.04. The van der Waals surface area contributed by atoms with Gasteiger partial charge in [-0.15, -0.1) is 0 Å². The fraction of sp³-hybridized carbons (Fsp3) is 0.185. The lowest BCUT2D eigenvalue weighted by Crippen LogP contribution is -2.52. The van der Waals surface area contributed by atoms with Crippen LogP contribution in [-0.4, -0.2) is 60.9 Å². The first-order valence-electron chi connectivity index (χ1n) is 12.9. The number of fused-ring (bicyclic) bond motifs is 1. The van der Waals surface area contributed by atoms with Crippen LogP contribution in [0.2, 0.25) is 0 Å². The molecule has 45 heavy (non-hydrogen) atoms. The molecule has 0 unspecified atom stereocenters. The van der Waals surface area contributed by atoms with Crippen LogP contribution in [0.15, 0.2) is 59.5 Å². The van der Waals surface area contributed by atoms with Gasteiger partial charge in [-0.3, -0.25) is 44.7 Å². The predicted molar refractivity (Wildman–Crippen MR) is 151 cm³/mol. The highest BCUT2D eigenvalue weighted by atomic mass is 19.4. The van der Waals surface area contributed by atoms with Gasteiger partial charge < -0.3 is 16.2 Å². The molecule has 2 aromatic heterocycles. The number of aromatic nitrogens is 4. The molecule has 0 bridgehead atoms. The van der Waals surface area contributed by atoms with Crippen LogP contribution in [0.5, 0.6) is 5.75 Å². The third-order valence-corrected chi connectivity index (χ3v) is 6.10. The third-order valence-electron chi connectivity index (χ3n) is 6.10. The van der Waals surface area contributed by atoms with Gasteiger partial charge in [0, 0.05) is 24.6 Å². The summed E-state index contributed by atoms with van der Waals surface area (Å²) in [5.41, 5.74) is 8.58. The first-order valence-corrected chi connectivity index (χ1v) is 12.9. The van der Waals surface area contributed by atoms with Gasteiger partial charge in [-0.05, 0) is 42.0 Å². The molecule has 18 heteroatoms. The van der Waals surface area contributed by atoms with E-state index in [1.807, 2.05) is 0 Å². The van der Waals surface area contributed by atoms with Gasteiger partial charge in [0.25, 0.3) is 17.4 Å². The number of nitrogens with one attached hydrogen (secondary N) is 4. The van der Waals surface area contributed by atoms with Crippen LogP contribution < -0.4 is 32.4 Å². The van der Waals surface area contributed by atoms with Crippen LogP contribution in [0.1, 0.15) is 28.5 Å². The maximum absolute atomic E-state index is 13.5. The molecule has 0 saturated carbocycles. The zero-order valence-electron chi connectivity index (χ0n) is 23.2. The SMILES string of the molecule is CC(=O)N[C@@H](Cc1ccc(O)cc1)C(=O)NNC(=O)c1ccc(N(Cc2cnc3nc(N)[nH]c(=O)c3n2)C(=O)C(F)(F)F)cc1. The fourth-order valence-electron chi connectivity index (χ4n) is 4.04. The first-order chi connectivity index (χ1) is 21.2. The summed E-state index contributed by atoms with van der Waals surface area (Å²) in [4.78, 5) is 75.6. The summed E-state index contributed by atoms with van der Waals surface area (Å²) in [6.07, 6.45) is -4.23.